The van der Waals surface area contributed by atoms with E-state index in [0.29, 0.717) is 37.3 Å². The number of alkyl halides is 3. The second-order valence-electron chi connectivity index (χ2n) is 10.2. The summed E-state index contributed by atoms with van der Waals surface area (Å²) in [5.41, 5.74) is -0.104. The summed E-state index contributed by atoms with van der Waals surface area (Å²) in [6.45, 7) is 2.43. The Kier molecular flexibility index (Phi) is 10.6. The zero-order valence-electron chi connectivity index (χ0n) is 22.7. The number of halogens is 3. The summed E-state index contributed by atoms with van der Waals surface area (Å²) in [5.74, 6) is -1.48. The minimum Gasteiger partial charge on any atom is -0.550 e. The van der Waals surface area contributed by atoms with Crippen LogP contribution in [-0.4, -0.2) is 47.1 Å². The fourth-order valence-corrected chi connectivity index (χ4v) is 5.35. The van der Waals surface area contributed by atoms with Gasteiger partial charge in [-0.3, -0.25) is 14.6 Å². The van der Waals surface area contributed by atoms with E-state index in [-0.39, 0.29) is 59.7 Å². The average Bonchev–Trinajstić information content (AvgIpc) is 3.18. The number of benzene rings is 2. The molecular formula is C29H31F3N3NaO4. The van der Waals surface area contributed by atoms with Crippen LogP contribution in [0.3, 0.4) is 0 Å². The van der Waals surface area contributed by atoms with Crippen molar-refractivity contribution in [1.29, 1.82) is 0 Å². The average molecular weight is 566 g/mol. The number of rotatable bonds is 9. The molecule has 0 bridgehead atoms. The van der Waals surface area contributed by atoms with Crippen LogP contribution >= 0.6 is 0 Å². The van der Waals surface area contributed by atoms with E-state index < -0.39 is 29.3 Å². The monoisotopic (exact) mass is 565 g/mol. The van der Waals surface area contributed by atoms with Crippen LogP contribution in [0.1, 0.15) is 72.5 Å². The van der Waals surface area contributed by atoms with Gasteiger partial charge in [0.1, 0.15) is 11.4 Å². The van der Waals surface area contributed by atoms with Crippen LogP contribution in [0, 0.1) is 5.92 Å². The molecule has 0 radical (unpaired) electrons. The maximum Gasteiger partial charge on any atom is 1.00 e. The van der Waals surface area contributed by atoms with Crippen molar-refractivity contribution in [3.63, 3.8) is 0 Å². The van der Waals surface area contributed by atoms with Crippen LogP contribution in [0.25, 0.3) is 0 Å². The molecule has 0 saturated heterocycles. The van der Waals surface area contributed by atoms with E-state index in [1.54, 1.807) is 29.2 Å². The summed E-state index contributed by atoms with van der Waals surface area (Å²) < 4.78 is 40.1. The maximum atomic E-state index is 13.6. The molecule has 7 nitrogen and oxygen atoms in total. The molecule has 2 aromatic rings. The summed E-state index contributed by atoms with van der Waals surface area (Å²) >= 11 is 0. The Labute approximate surface area is 253 Å². The number of nitrogens with one attached hydrogen (secondary N) is 1. The van der Waals surface area contributed by atoms with Gasteiger partial charge in [-0.05, 0) is 67.9 Å². The molecule has 1 fully saturated rings. The van der Waals surface area contributed by atoms with Crippen LogP contribution in [0.4, 0.5) is 13.2 Å². The largest absolute Gasteiger partial charge is 1.00 e. The number of aliphatic carboxylic acids is 1. The molecule has 1 aliphatic carbocycles. The fraction of sp³-hybridized carbons (Fsp3) is 0.448. The van der Waals surface area contributed by atoms with Gasteiger partial charge in [0, 0.05) is 36.6 Å². The van der Waals surface area contributed by atoms with Crippen molar-refractivity contribution in [2.24, 2.45) is 10.9 Å². The Balaban J connectivity index is 0.00000441. The summed E-state index contributed by atoms with van der Waals surface area (Å²) in [6, 6.07) is 11.6. The van der Waals surface area contributed by atoms with Crippen molar-refractivity contribution in [1.82, 2.24) is 10.2 Å². The molecule has 1 saturated carbocycles. The normalized spacial score (nSPS) is 20.7. The van der Waals surface area contributed by atoms with E-state index in [2.05, 4.69) is 12.2 Å². The van der Waals surface area contributed by atoms with Crippen molar-refractivity contribution in [2.45, 2.75) is 63.7 Å². The van der Waals surface area contributed by atoms with E-state index in [0.717, 1.165) is 37.0 Å². The van der Waals surface area contributed by atoms with Gasteiger partial charge in [-0.25, -0.2) is 0 Å². The van der Waals surface area contributed by atoms with Gasteiger partial charge >= 0.3 is 35.7 Å². The zero-order chi connectivity index (χ0) is 28.2. The van der Waals surface area contributed by atoms with Crippen LogP contribution in [0.5, 0.6) is 0 Å². The first kappa shape index (κ1) is 31.8. The molecule has 2 aliphatic rings. The van der Waals surface area contributed by atoms with Gasteiger partial charge in [0.25, 0.3) is 11.8 Å². The smallest absolute Gasteiger partial charge is 0.550 e. The molecule has 1 aliphatic heterocycles. The van der Waals surface area contributed by atoms with Gasteiger partial charge < -0.3 is 20.1 Å². The Bertz CT molecular complexity index is 1260. The van der Waals surface area contributed by atoms with Crippen LogP contribution in [0.2, 0.25) is 0 Å². The molecule has 1 N–H and O–H groups in total. The molecule has 0 unspecified atom stereocenters. The molecule has 11 heteroatoms. The minimum absolute atomic E-state index is 0. The third-order valence-electron chi connectivity index (χ3n) is 7.67. The molecule has 4 rings (SSSR count). The predicted molar refractivity (Wildman–Crippen MR) is 137 cm³/mol. The molecule has 208 valence electrons. The minimum atomic E-state index is -4.52. The first-order chi connectivity index (χ1) is 18.5. The Morgan fingerprint density at radius 2 is 1.80 bits per heavy atom. The van der Waals surface area contributed by atoms with Gasteiger partial charge in [-0.15, -0.1) is 0 Å². The number of carboxylic acids is 1. The number of carbonyl (C=O) groups is 3. The van der Waals surface area contributed by atoms with Crippen molar-refractivity contribution in [2.75, 3.05) is 13.1 Å². The first-order valence-corrected chi connectivity index (χ1v) is 13.2. The third kappa shape index (κ3) is 7.33. The van der Waals surface area contributed by atoms with E-state index >= 15 is 0 Å². The standard InChI is InChI=1S/C29H32F3N3O4.Na/c1-2-19-10-14-28(15-11-19)34-25(22-4-3-5-23(18-22)29(30,31)32)27(39)35(28)17-13-20-6-8-21(9-7-20)26(38)33-16-12-24(36)37;/h3-9,18-19H,2,10-17H2,1H3,(H,33,38)(H,36,37);/q;+1/p-1. The van der Waals surface area contributed by atoms with E-state index in [4.69, 9.17) is 4.99 Å². The summed E-state index contributed by atoms with van der Waals surface area (Å²) in [7, 11) is 0. The summed E-state index contributed by atoms with van der Waals surface area (Å²) in [6.07, 6.45) is -0.202. The van der Waals surface area contributed by atoms with Crippen LogP contribution in [0.15, 0.2) is 53.5 Å². The van der Waals surface area contributed by atoms with Gasteiger partial charge in [0.2, 0.25) is 0 Å². The Hall–Kier alpha value is -2.69. The van der Waals surface area contributed by atoms with Crippen molar-refractivity contribution < 1.29 is 62.2 Å². The van der Waals surface area contributed by atoms with E-state index in [1.165, 1.54) is 12.1 Å². The van der Waals surface area contributed by atoms with E-state index in [1.807, 2.05) is 0 Å². The molecular weight excluding hydrogens is 534 g/mol. The third-order valence-corrected chi connectivity index (χ3v) is 7.67. The molecule has 1 heterocycles. The molecule has 2 aromatic carbocycles. The summed E-state index contributed by atoms with van der Waals surface area (Å²) in [5, 5.41) is 13.0. The van der Waals surface area contributed by atoms with Crippen LogP contribution < -0.4 is 40.0 Å². The number of hydrogen-bond donors (Lipinski definition) is 1. The summed E-state index contributed by atoms with van der Waals surface area (Å²) in [4.78, 5) is 42.9. The van der Waals surface area contributed by atoms with E-state index in [9.17, 15) is 32.7 Å². The second kappa shape index (κ2) is 13.3. The van der Waals surface area contributed by atoms with Crippen molar-refractivity contribution >= 4 is 23.5 Å². The van der Waals surface area contributed by atoms with Gasteiger partial charge in [0.15, 0.2) is 0 Å². The number of hydrogen-bond acceptors (Lipinski definition) is 5. The molecule has 0 aromatic heterocycles. The zero-order valence-corrected chi connectivity index (χ0v) is 24.7. The fourth-order valence-electron chi connectivity index (χ4n) is 5.35. The number of carbonyl (C=O) groups excluding carboxylic acids is 3. The number of nitrogens with zero attached hydrogens (tertiary/aromatic N) is 2. The number of carboxylic acid groups (broad SMARTS) is 1. The molecule has 40 heavy (non-hydrogen) atoms. The van der Waals surface area contributed by atoms with Crippen molar-refractivity contribution in [3.05, 3.63) is 70.8 Å². The quantitative estimate of drug-likeness (QED) is 0.454. The SMILES string of the molecule is CCC1CCC2(CC1)N=C(c1cccc(C(F)(F)F)c1)C(=O)N2CCc1ccc(C(=O)NCCC(=O)[O-])cc1.[Na+]. The van der Waals surface area contributed by atoms with Gasteiger partial charge in [-0.2, -0.15) is 13.2 Å². The predicted octanol–water partition coefficient (Wildman–Crippen LogP) is 0.750. The first-order valence-electron chi connectivity index (χ1n) is 13.2. The van der Waals surface area contributed by atoms with Crippen molar-refractivity contribution in [3.8, 4) is 0 Å². The maximum absolute atomic E-state index is 13.6. The number of amides is 2. The van der Waals surface area contributed by atoms with Gasteiger partial charge in [0.05, 0.1) is 5.56 Å². The Morgan fingerprint density at radius 3 is 2.40 bits per heavy atom. The van der Waals surface area contributed by atoms with Crippen LogP contribution in [-0.2, 0) is 22.2 Å². The number of aliphatic imine (C=N–C) groups is 1. The van der Waals surface area contributed by atoms with Gasteiger partial charge in [-0.1, -0.05) is 37.6 Å². The molecule has 1 spiro atoms. The molecule has 0 atom stereocenters. The topological polar surface area (TPSA) is 102 Å². The Morgan fingerprint density at radius 1 is 1.12 bits per heavy atom. The second-order valence-corrected chi connectivity index (χ2v) is 10.2. The molecule has 2 amide bonds.